The Labute approximate surface area is 143 Å². The number of carbonyl (C=O) groups is 2. The smallest absolute Gasteiger partial charge is 0.325 e. The number of imide groups is 1. The lowest BCUT2D eigenvalue weighted by atomic mass is 10.1. The number of hydrogen-bond acceptors (Lipinski definition) is 4. The molecule has 1 saturated carbocycles. The summed E-state index contributed by atoms with van der Waals surface area (Å²) < 4.78 is 5.06. The molecular formula is C18H27N3O3. The van der Waals surface area contributed by atoms with Crippen LogP contribution in [0.4, 0.5) is 10.5 Å². The second kappa shape index (κ2) is 8.68. The van der Waals surface area contributed by atoms with E-state index in [1.165, 1.54) is 0 Å². The third kappa shape index (κ3) is 6.20. The molecule has 0 bridgehead atoms. The molecule has 1 aromatic rings. The van der Waals surface area contributed by atoms with E-state index in [2.05, 4.69) is 29.4 Å². The Morgan fingerprint density at radius 3 is 2.46 bits per heavy atom. The van der Waals surface area contributed by atoms with Crippen molar-refractivity contribution in [2.75, 3.05) is 25.5 Å². The summed E-state index contributed by atoms with van der Waals surface area (Å²) in [7, 11) is 1.58. The number of methoxy groups -OCH3 is 1. The summed E-state index contributed by atoms with van der Waals surface area (Å²) in [6.07, 6.45) is 3.34. The van der Waals surface area contributed by atoms with E-state index < -0.39 is 6.03 Å². The lowest BCUT2D eigenvalue weighted by molar-refractivity contribution is -0.121. The molecule has 1 fully saturated rings. The SMILES string of the molecule is COc1ccc(NC(=O)NC(=O)CN(CCC(C)C)C2CC2)cc1. The predicted molar refractivity (Wildman–Crippen MR) is 94.2 cm³/mol. The van der Waals surface area contributed by atoms with Crippen LogP contribution in [0.5, 0.6) is 5.75 Å². The van der Waals surface area contributed by atoms with E-state index in [-0.39, 0.29) is 12.5 Å². The number of nitrogens with one attached hydrogen (secondary N) is 2. The molecule has 0 aromatic heterocycles. The van der Waals surface area contributed by atoms with Gasteiger partial charge in [0.25, 0.3) is 0 Å². The second-order valence-corrected chi connectivity index (χ2v) is 6.61. The summed E-state index contributed by atoms with van der Waals surface area (Å²) in [5.74, 6) is 1.05. The normalized spacial score (nSPS) is 13.9. The number of anilines is 1. The van der Waals surface area contributed by atoms with Gasteiger partial charge in [-0.1, -0.05) is 13.8 Å². The molecule has 1 aromatic carbocycles. The summed E-state index contributed by atoms with van der Waals surface area (Å²) in [6.45, 7) is 5.52. The number of carbonyl (C=O) groups excluding carboxylic acids is 2. The van der Waals surface area contributed by atoms with Crippen molar-refractivity contribution in [3.05, 3.63) is 24.3 Å². The molecule has 0 aliphatic heterocycles. The van der Waals surface area contributed by atoms with Crippen LogP contribution < -0.4 is 15.4 Å². The van der Waals surface area contributed by atoms with Crippen molar-refractivity contribution < 1.29 is 14.3 Å². The Hall–Kier alpha value is -2.08. The first-order valence-electron chi connectivity index (χ1n) is 8.47. The summed E-state index contributed by atoms with van der Waals surface area (Å²) in [5, 5.41) is 5.04. The number of urea groups is 1. The zero-order valence-electron chi connectivity index (χ0n) is 14.7. The monoisotopic (exact) mass is 333 g/mol. The zero-order valence-corrected chi connectivity index (χ0v) is 14.7. The molecule has 1 aliphatic rings. The molecule has 2 rings (SSSR count). The molecule has 0 unspecified atom stereocenters. The summed E-state index contributed by atoms with van der Waals surface area (Å²) >= 11 is 0. The van der Waals surface area contributed by atoms with Crippen LogP contribution in [0, 0.1) is 5.92 Å². The third-order valence-electron chi connectivity index (χ3n) is 4.00. The first kappa shape index (κ1) is 18.3. The van der Waals surface area contributed by atoms with E-state index >= 15 is 0 Å². The number of rotatable bonds is 8. The summed E-state index contributed by atoms with van der Waals surface area (Å²) in [5.41, 5.74) is 0.611. The van der Waals surface area contributed by atoms with Gasteiger partial charge in [-0.2, -0.15) is 0 Å². The van der Waals surface area contributed by atoms with Gasteiger partial charge in [0.05, 0.1) is 13.7 Å². The van der Waals surface area contributed by atoms with Crippen molar-refractivity contribution in [2.45, 2.75) is 39.2 Å². The Bertz CT molecular complexity index is 553. The molecule has 6 heteroatoms. The maximum absolute atomic E-state index is 12.1. The number of ether oxygens (including phenoxy) is 1. The Balaban J connectivity index is 1.78. The molecule has 0 atom stereocenters. The standard InChI is InChI=1S/C18H27N3O3/c1-13(2)10-11-21(15-6-7-15)12-17(22)20-18(23)19-14-4-8-16(24-3)9-5-14/h4-5,8-9,13,15H,6-7,10-12H2,1-3H3,(H2,19,20,22,23). The molecule has 2 N–H and O–H groups in total. The van der Waals surface area contributed by atoms with E-state index in [1.54, 1.807) is 31.4 Å². The van der Waals surface area contributed by atoms with Crippen LogP contribution in [0.2, 0.25) is 0 Å². The number of hydrogen-bond donors (Lipinski definition) is 2. The van der Waals surface area contributed by atoms with Gasteiger partial charge in [0, 0.05) is 11.7 Å². The Kier molecular flexibility index (Phi) is 6.61. The molecule has 0 radical (unpaired) electrons. The van der Waals surface area contributed by atoms with Crippen LogP contribution in [-0.4, -0.2) is 43.1 Å². The molecule has 132 valence electrons. The van der Waals surface area contributed by atoms with E-state index in [0.29, 0.717) is 23.4 Å². The predicted octanol–water partition coefficient (Wildman–Crippen LogP) is 2.85. The van der Waals surface area contributed by atoms with E-state index in [9.17, 15) is 9.59 Å². The highest BCUT2D eigenvalue weighted by Crippen LogP contribution is 2.27. The van der Waals surface area contributed by atoms with Crippen molar-refractivity contribution in [1.82, 2.24) is 10.2 Å². The molecule has 24 heavy (non-hydrogen) atoms. The minimum atomic E-state index is -0.509. The fraction of sp³-hybridized carbons (Fsp3) is 0.556. The Morgan fingerprint density at radius 2 is 1.92 bits per heavy atom. The highest BCUT2D eigenvalue weighted by atomic mass is 16.5. The number of amides is 3. The van der Waals surface area contributed by atoms with Gasteiger partial charge in [-0.3, -0.25) is 15.0 Å². The van der Waals surface area contributed by atoms with Gasteiger partial charge in [-0.25, -0.2) is 4.79 Å². The molecule has 0 heterocycles. The van der Waals surface area contributed by atoms with Crippen LogP contribution in [0.1, 0.15) is 33.1 Å². The van der Waals surface area contributed by atoms with Crippen LogP contribution in [0.15, 0.2) is 24.3 Å². The van der Waals surface area contributed by atoms with Crippen molar-refractivity contribution in [3.8, 4) is 5.75 Å². The van der Waals surface area contributed by atoms with Crippen molar-refractivity contribution in [3.63, 3.8) is 0 Å². The first-order valence-corrected chi connectivity index (χ1v) is 8.47. The van der Waals surface area contributed by atoms with Crippen LogP contribution >= 0.6 is 0 Å². The van der Waals surface area contributed by atoms with Crippen molar-refractivity contribution >= 4 is 17.6 Å². The lowest BCUT2D eigenvalue weighted by Gasteiger charge is -2.22. The molecular weight excluding hydrogens is 306 g/mol. The highest BCUT2D eigenvalue weighted by molar-refractivity contribution is 6.01. The van der Waals surface area contributed by atoms with E-state index in [1.807, 2.05) is 0 Å². The highest BCUT2D eigenvalue weighted by Gasteiger charge is 2.30. The van der Waals surface area contributed by atoms with Gasteiger partial charge in [0.15, 0.2) is 0 Å². The average Bonchev–Trinajstić information content (AvgIpc) is 3.36. The fourth-order valence-electron chi connectivity index (χ4n) is 2.44. The van der Waals surface area contributed by atoms with Crippen LogP contribution in [-0.2, 0) is 4.79 Å². The number of nitrogens with zero attached hydrogens (tertiary/aromatic N) is 1. The first-order chi connectivity index (χ1) is 11.5. The van der Waals surface area contributed by atoms with Gasteiger partial charge in [-0.05, 0) is 56.0 Å². The second-order valence-electron chi connectivity index (χ2n) is 6.61. The maximum Gasteiger partial charge on any atom is 0.325 e. The Morgan fingerprint density at radius 1 is 1.25 bits per heavy atom. The largest absolute Gasteiger partial charge is 0.497 e. The third-order valence-corrected chi connectivity index (χ3v) is 4.00. The molecule has 0 spiro atoms. The van der Waals surface area contributed by atoms with Gasteiger partial charge in [0.1, 0.15) is 5.75 Å². The average molecular weight is 333 g/mol. The number of benzene rings is 1. The van der Waals surface area contributed by atoms with E-state index in [4.69, 9.17) is 4.74 Å². The van der Waals surface area contributed by atoms with E-state index in [0.717, 1.165) is 25.8 Å². The topological polar surface area (TPSA) is 70.7 Å². The van der Waals surface area contributed by atoms with Crippen molar-refractivity contribution in [2.24, 2.45) is 5.92 Å². The zero-order chi connectivity index (χ0) is 17.5. The molecule has 6 nitrogen and oxygen atoms in total. The van der Waals surface area contributed by atoms with Gasteiger partial charge < -0.3 is 10.1 Å². The molecule has 3 amide bonds. The summed E-state index contributed by atoms with van der Waals surface area (Å²) in [4.78, 5) is 26.2. The molecule has 1 aliphatic carbocycles. The van der Waals surface area contributed by atoms with Crippen LogP contribution in [0.25, 0.3) is 0 Å². The maximum atomic E-state index is 12.1. The van der Waals surface area contributed by atoms with Crippen LogP contribution in [0.3, 0.4) is 0 Å². The van der Waals surface area contributed by atoms with Crippen molar-refractivity contribution in [1.29, 1.82) is 0 Å². The lowest BCUT2D eigenvalue weighted by Crippen LogP contribution is -2.43. The van der Waals surface area contributed by atoms with Gasteiger partial charge >= 0.3 is 6.03 Å². The quantitative estimate of drug-likeness (QED) is 0.767. The minimum Gasteiger partial charge on any atom is -0.497 e. The fourth-order valence-corrected chi connectivity index (χ4v) is 2.44. The minimum absolute atomic E-state index is 0.267. The van der Waals surface area contributed by atoms with Gasteiger partial charge in [0.2, 0.25) is 5.91 Å². The summed E-state index contributed by atoms with van der Waals surface area (Å²) in [6, 6.07) is 6.93. The van der Waals surface area contributed by atoms with Gasteiger partial charge in [-0.15, -0.1) is 0 Å². The molecule has 0 saturated heterocycles.